The summed E-state index contributed by atoms with van der Waals surface area (Å²) in [6.45, 7) is 6.59. The molecule has 4 aromatic rings. The van der Waals surface area contributed by atoms with Gasteiger partial charge in [0.2, 0.25) is 0 Å². The first kappa shape index (κ1) is 21.1. The molecule has 0 saturated carbocycles. The molecule has 2 aromatic heterocycles. The Labute approximate surface area is 188 Å². The van der Waals surface area contributed by atoms with Crippen LogP contribution in [0, 0.1) is 0 Å². The van der Waals surface area contributed by atoms with Gasteiger partial charge in [0.05, 0.1) is 29.4 Å². The lowest BCUT2D eigenvalue weighted by atomic mass is 10.2. The van der Waals surface area contributed by atoms with Crippen molar-refractivity contribution in [3.8, 4) is 11.4 Å². The Hall–Kier alpha value is -3.19. The number of fused-ring (bicyclic) bond motifs is 1. The van der Waals surface area contributed by atoms with E-state index in [4.69, 9.17) is 9.72 Å². The van der Waals surface area contributed by atoms with Gasteiger partial charge in [0.15, 0.2) is 0 Å². The molecule has 0 aliphatic carbocycles. The van der Waals surface area contributed by atoms with E-state index in [0.29, 0.717) is 23.3 Å². The molecule has 0 unspecified atom stereocenters. The van der Waals surface area contributed by atoms with Gasteiger partial charge in [0, 0.05) is 22.3 Å². The molecule has 4 rings (SSSR count). The maximum atomic E-state index is 13.2. The SMILES string of the molecule is CCOc1ccc(-n2cccc2C=Nn2c(C(C)C)nc3ccc(Br)cc3c2=O)cc1. The third-order valence-electron chi connectivity index (χ3n) is 4.86. The molecule has 0 spiro atoms. The highest BCUT2D eigenvalue weighted by Gasteiger charge is 2.14. The van der Waals surface area contributed by atoms with E-state index < -0.39 is 0 Å². The third-order valence-corrected chi connectivity index (χ3v) is 5.35. The van der Waals surface area contributed by atoms with Crippen LogP contribution in [-0.4, -0.2) is 27.0 Å². The molecular formula is C24H23BrN4O2. The number of aromatic nitrogens is 3. The van der Waals surface area contributed by atoms with Crippen LogP contribution in [0.2, 0.25) is 0 Å². The number of benzene rings is 2. The molecule has 0 saturated heterocycles. The number of halogens is 1. The maximum Gasteiger partial charge on any atom is 0.282 e. The normalized spacial score (nSPS) is 11.6. The van der Waals surface area contributed by atoms with Gasteiger partial charge in [-0.1, -0.05) is 29.8 Å². The van der Waals surface area contributed by atoms with Crippen LogP contribution < -0.4 is 10.3 Å². The summed E-state index contributed by atoms with van der Waals surface area (Å²) in [6, 6.07) is 17.3. The number of ether oxygens (including phenoxy) is 1. The van der Waals surface area contributed by atoms with Crippen molar-refractivity contribution in [1.82, 2.24) is 14.2 Å². The van der Waals surface area contributed by atoms with Crippen molar-refractivity contribution < 1.29 is 4.74 Å². The van der Waals surface area contributed by atoms with Gasteiger partial charge in [0.25, 0.3) is 5.56 Å². The largest absolute Gasteiger partial charge is 0.494 e. The number of hydrogen-bond donors (Lipinski definition) is 0. The van der Waals surface area contributed by atoms with Crippen LogP contribution in [0.3, 0.4) is 0 Å². The maximum absolute atomic E-state index is 13.2. The van der Waals surface area contributed by atoms with Gasteiger partial charge in [-0.15, -0.1) is 0 Å². The van der Waals surface area contributed by atoms with Gasteiger partial charge in [0.1, 0.15) is 11.6 Å². The van der Waals surface area contributed by atoms with E-state index in [1.807, 2.05) is 80.1 Å². The zero-order chi connectivity index (χ0) is 22.0. The fourth-order valence-electron chi connectivity index (χ4n) is 3.37. The summed E-state index contributed by atoms with van der Waals surface area (Å²) in [6.07, 6.45) is 3.65. The summed E-state index contributed by atoms with van der Waals surface area (Å²) < 4.78 is 9.75. The van der Waals surface area contributed by atoms with E-state index in [-0.39, 0.29) is 11.5 Å². The molecular weight excluding hydrogens is 456 g/mol. The molecule has 7 heteroatoms. The predicted octanol–water partition coefficient (Wildman–Crippen LogP) is 5.35. The second kappa shape index (κ2) is 8.89. The zero-order valence-electron chi connectivity index (χ0n) is 17.6. The molecule has 0 amide bonds. The van der Waals surface area contributed by atoms with E-state index >= 15 is 0 Å². The van der Waals surface area contributed by atoms with Crippen LogP contribution in [0.5, 0.6) is 5.75 Å². The lowest BCUT2D eigenvalue weighted by Gasteiger charge is -2.12. The van der Waals surface area contributed by atoms with Gasteiger partial charge >= 0.3 is 0 Å². The van der Waals surface area contributed by atoms with Crippen molar-refractivity contribution in [2.24, 2.45) is 5.10 Å². The van der Waals surface area contributed by atoms with Crippen LogP contribution in [0.15, 0.2) is 75.2 Å². The van der Waals surface area contributed by atoms with Crippen molar-refractivity contribution in [3.05, 3.63) is 87.1 Å². The zero-order valence-corrected chi connectivity index (χ0v) is 19.2. The first-order valence-corrected chi connectivity index (χ1v) is 10.9. The summed E-state index contributed by atoms with van der Waals surface area (Å²) >= 11 is 3.43. The predicted molar refractivity (Wildman–Crippen MR) is 128 cm³/mol. The van der Waals surface area contributed by atoms with Gasteiger partial charge in [-0.05, 0) is 61.5 Å². The van der Waals surface area contributed by atoms with Crippen LogP contribution in [0.4, 0.5) is 0 Å². The molecule has 0 atom stereocenters. The first-order chi connectivity index (χ1) is 15.0. The number of hydrogen-bond acceptors (Lipinski definition) is 4. The third kappa shape index (κ3) is 4.32. The molecule has 2 aromatic carbocycles. The summed E-state index contributed by atoms with van der Waals surface area (Å²) in [5.74, 6) is 1.49. The second-order valence-electron chi connectivity index (χ2n) is 7.38. The van der Waals surface area contributed by atoms with E-state index in [0.717, 1.165) is 21.6 Å². The molecule has 0 aliphatic rings. The second-order valence-corrected chi connectivity index (χ2v) is 8.29. The summed E-state index contributed by atoms with van der Waals surface area (Å²) in [5.41, 5.74) is 2.30. The molecule has 0 aliphatic heterocycles. The van der Waals surface area contributed by atoms with Crippen molar-refractivity contribution in [2.45, 2.75) is 26.7 Å². The van der Waals surface area contributed by atoms with Gasteiger partial charge in [-0.3, -0.25) is 4.79 Å². The van der Waals surface area contributed by atoms with E-state index in [2.05, 4.69) is 21.0 Å². The highest BCUT2D eigenvalue weighted by Crippen LogP contribution is 2.20. The van der Waals surface area contributed by atoms with Crippen molar-refractivity contribution >= 4 is 33.0 Å². The monoisotopic (exact) mass is 478 g/mol. The summed E-state index contributed by atoms with van der Waals surface area (Å²) in [5, 5.41) is 5.06. The molecule has 2 heterocycles. The van der Waals surface area contributed by atoms with Gasteiger partial charge in [-0.25, -0.2) is 4.98 Å². The lowest BCUT2D eigenvalue weighted by molar-refractivity contribution is 0.340. The molecule has 0 N–H and O–H groups in total. The average Bonchev–Trinajstić information content (AvgIpc) is 3.22. The Bertz CT molecular complexity index is 1300. The molecule has 0 bridgehead atoms. The van der Waals surface area contributed by atoms with Crippen LogP contribution >= 0.6 is 15.9 Å². The highest BCUT2D eigenvalue weighted by atomic mass is 79.9. The van der Waals surface area contributed by atoms with Crippen molar-refractivity contribution in [3.63, 3.8) is 0 Å². The Morgan fingerprint density at radius 1 is 1.16 bits per heavy atom. The Balaban J connectivity index is 1.76. The van der Waals surface area contributed by atoms with E-state index in [1.165, 1.54) is 4.68 Å². The van der Waals surface area contributed by atoms with Crippen LogP contribution in [0.25, 0.3) is 16.6 Å². The lowest BCUT2D eigenvalue weighted by Crippen LogP contribution is -2.23. The van der Waals surface area contributed by atoms with Crippen molar-refractivity contribution in [1.29, 1.82) is 0 Å². The average molecular weight is 479 g/mol. The molecule has 158 valence electrons. The fraction of sp³-hybridized carbons (Fsp3) is 0.208. The Kier molecular flexibility index (Phi) is 6.04. The first-order valence-electron chi connectivity index (χ1n) is 10.1. The highest BCUT2D eigenvalue weighted by molar-refractivity contribution is 9.10. The Morgan fingerprint density at radius 2 is 1.94 bits per heavy atom. The molecule has 6 nitrogen and oxygen atoms in total. The minimum absolute atomic E-state index is 0.0378. The quantitative estimate of drug-likeness (QED) is 0.350. The summed E-state index contributed by atoms with van der Waals surface area (Å²) in [7, 11) is 0. The van der Waals surface area contributed by atoms with E-state index in [9.17, 15) is 4.79 Å². The number of rotatable bonds is 6. The molecule has 0 fully saturated rings. The van der Waals surface area contributed by atoms with Crippen molar-refractivity contribution in [2.75, 3.05) is 6.61 Å². The standard InChI is InChI=1S/C24H23BrN4O2/c1-4-31-20-10-8-18(9-11-20)28-13-5-6-19(28)15-26-29-23(16(2)3)27-22-12-7-17(25)14-21(22)24(29)30/h5-16H,4H2,1-3H3. The van der Waals surface area contributed by atoms with Gasteiger partial charge in [-0.2, -0.15) is 9.78 Å². The van der Waals surface area contributed by atoms with Crippen LogP contribution in [-0.2, 0) is 0 Å². The smallest absolute Gasteiger partial charge is 0.282 e. The fourth-order valence-corrected chi connectivity index (χ4v) is 3.73. The molecule has 31 heavy (non-hydrogen) atoms. The van der Waals surface area contributed by atoms with Crippen LogP contribution in [0.1, 0.15) is 38.2 Å². The topological polar surface area (TPSA) is 61.4 Å². The Morgan fingerprint density at radius 3 is 2.65 bits per heavy atom. The molecule has 0 radical (unpaired) electrons. The summed E-state index contributed by atoms with van der Waals surface area (Å²) in [4.78, 5) is 17.9. The van der Waals surface area contributed by atoms with Gasteiger partial charge < -0.3 is 9.30 Å². The minimum atomic E-state index is -0.189. The van der Waals surface area contributed by atoms with E-state index in [1.54, 1.807) is 12.3 Å². The minimum Gasteiger partial charge on any atom is -0.494 e. The number of nitrogens with zero attached hydrogens (tertiary/aromatic N) is 4.